The molecule has 0 fully saturated rings. The lowest BCUT2D eigenvalue weighted by Gasteiger charge is -2.21. The van der Waals surface area contributed by atoms with E-state index in [-0.39, 0.29) is 24.4 Å². The van der Waals surface area contributed by atoms with Crippen LogP contribution < -0.4 is 20.1 Å². The van der Waals surface area contributed by atoms with Crippen molar-refractivity contribution >= 4 is 11.8 Å². The van der Waals surface area contributed by atoms with Gasteiger partial charge >= 0.3 is 0 Å². The van der Waals surface area contributed by atoms with Gasteiger partial charge in [0.1, 0.15) is 13.2 Å². The summed E-state index contributed by atoms with van der Waals surface area (Å²) in [4.78, 5) is 24.2. The smallest absolute Gasteiger partial charge is 0.251 e. The molecule has 0 spiro atoms. The zero-order valence-corrected chi connectivity index (χ0v) is 14.9. The number of ether oxygens (including phenoxy) is 2. The quantitative estimate of drug-likeness (QED) is 0.864. The topological polar surface area (TPSA) is 76.7 Å². The maximum absolute atomic E-state index is 12.1. The predicted molar refractivity (Wildman–Crippen MR) is 97.5 cm³/mol. The number of aryl methyl sites for hydroxylation is 1. The second-order valence-corrected chi connectivity index (χ2v) is 6.24. The fourth-order valence-corrected chi connectivity index (χ4v) is 2.75. The van der Waals surface area contributed by atoms with E-state index >= 15 is 0 Å². The number of nitrogens with one attached hydrogen (secondary N) is 2. The summed E-state index contributed by atoms with van der Waals surface area (Å²) in [6, 6.07) is 12.6. The molecular formula is C20H22N2O4. The van der Waals surface area contributed by atoms with Crippen molar-refractivity contribution in [3.05, 3.63) is 59.2 Å². The van der Waals surface area contributed by atoms with Crippen molar-refractivity contribution in [3.63, 3.8) is 0 Å². The maximum Gasteiger partial charge on any atom is 0.251 e. The van der Waals surface area contributed by atoms with Crippen LogP contribution >= 0.6 is 0 Å². The van der Waals surface area contributed by atoms with Crippen LogP contribution in [0.1, 0.15) is 34.5 Å². The summed E-state index contributed by atoms with van der Waals surface area (Å²) < 4.78 is 11.1. The second kappa shape index (κ2) is 7.91. The Balaban J connectivity index is 1.53. The van der Waals surface area contributed by atoms with Gasteiger partial charge in [0.15, 0.2) is 11.5 Å². The first-order chi connectivity index (χ1) is 12.5. The van der Waals surface area contributed by atoms with Gasteiger partial charge in [-0.15, -0.1) is 0 Å². The molecule has 2 aromatic rings. The Kier molecular flexibility index (Phi) is 5.41. The van der Waals surface area contributed by atoms with E-state index in [1.54, 1.807) is 12.1 Å². The lowest BCUT2D eigenvalue weighted by atomic mass is 10.1. The number of benzene rings is 2. The summed E-state index contributed by atoms with van der Waals surface area (Å²) in [7, 11) is 0. The Hall–Kier alpha value is -3.02. The molecule has 0 radical (unpaired) electrons. The standard InChI is InChI=1S/C20H22N2O4/c1-13-4-3-5-16(10-13)20(24)21-12-19(23)22-14(2)15-6-7-17-18(11-15)26-9-8-25-17/h3-7,10-11,14H,8-9,12H2,1-2H3,(H,21,24)(H,22,23). The molecule has 1 aliphatic heterocycles. The van der Waals surface area contributed by atoms with Gasteiger partial charge in [-0.25, -0.2) is 0 Å². The number of fused-ring (bicyclic) bond motifs is 1. The Morgan fingerprint density at radius 3 is 2.62 bits per heavy atom. The Labute approximate surface area is 152 Å². The van der Waals surface area contributed by atoms with Crippen LogP contribution in [0.15, 0.2) is 42.5 Å². The third kappa shape index (κ3) is 4.33. The van der Waals surface area contributed by atoms with Gasteiger partial charge in [0.25, 0.3) is 5.91 Å². The molecule has 3 rings (SSSR count). The summed E-state index contributed by atoms with van der Waals surface area (Å²) in [5.41, 5.74) is 2.44. The van der Waals surface area contributed by atoms with Crippen molar-refractivity contribution in [2.75, 3.05) is 19.8 Å². The van der Waals surface area contributed by atoms with Crippen LogP contribution in [0.2, 0.25) is 0 Å². The second-order valence-electron chi connectivity index (χ2n) is 6.24. The SMILES string of the molecule is Cc1cccc(C(=O)NCC(=O)NC(C)c2ccc3c(c2)OCCO3)c1. The van der Waals surface area contributed by atoms with Gasteiger partial charge in [0.2, 0.25) is 5.91 Å². The summed E-state index contributed by atoms with van der Waals surface area (Å²) in [6.45, 7) is 4.77. The third-order valence-corrected chi connectivity index (χ3v) is 4.13. The molecule has 136 valence electrons. The minimum Gasteiger partial charge on any atom is -0.486 e. The molecule has 6 nitrogen and oxygen atoms in total. The van der Waals surface area contributed by atoms with Gasteiger partial charge in [-0.2, -0.15) is 0 Å². The molecule has 1 heterocycles. The molecule has 0 saturated heterocycles. The van der Waals surface area contributed by atoms with Crippen molar-refractivity contribution in [2.24, 2.45) is 0 Å². The molecular weight excluding hydrogens is 332 g/mol. The van der Waals surface area contributed by atoms with Crippen LogP contribution in [0, 0.1) is 6.92 Å². The highest BCUT2D eigenvalue weighted by atomic mass is 16.6. The molecule has 6 heteroatoms. The number of rotatable bonds is 5. The van der Waals surface area contributed by atoms with Crippen LogP contribution in [0.5, 0.6) is 11.5 Å². The molecule has 26 heavy (non-hydrogen) atoms. The summed E-state index contributed by atoms with van der Waals surface area (Å²) in [5.74, 6) is 0.871. The van der Waals surface area contributed by atoms with Gasteiger partial charge in [-0.05, 0) is 43.7 Å². The van der Waals surface area contributed by atoms with Crippen LogP contribution in [0.4, 0.5) is 0 Å². The monoisotopic (exact) mass is 354 g/mol. The number of hydrogen-bond donors (Lipinski definition) is 2. The highest BCUT2D eigenvalue weighted by Crippen LogP contribution is 2.32. The summed E-state index contributed by atoms with van der Waals surface area (Å²) >= 11 is 0. The van der Waals surface area contributed by atoms with Crippen LogP contribution in [-0.4, -0.2) is 31.6 Å². The number of hydrogen-bond acceptors (Lipinski definition) is 4. The third-order valence-electron chi connectivity index (χ3n) is 4.13. The molecule has 2 N–H and O–H groups in total. The van der Waals surface area contributed by atoms with E-state index in [1.807, 2.05) is 44.2 Å². The summed E-state index contributed by atoms with van der Waals surface area (Å²) in [6.07, 6.45) is 0. The molecule has 1 unspecified atom stereocenters. The van der Waals surface area contributed by atoms with E-state index < -0.39 is 0 Å². The summed E-state index contributed by atoms with van der Waals surface area (Å²) in [5, 5.41) is 5.51. The first-order valence-electron chi connectivity index (χ1n) is 8.57. The van der Waals surface area contributed by atoms with Gasteiger partial charge in [0.05, 0.1) is 12.6 Å². The fourth-order valence-electron chi connectivity index (χ4n) is 2.75. The number of carbonyl (C=O) groups excluding carboxylic acids is 2. The van der Waals surface area contributed by atoms with Crippen molar-refractivity contribution in [1.82, 2.24) is 10.6 Å². The van der Waals surface area contributed by atoms with E-state index in [2.05, 4.69) is 10.6 Å². The maximum atomic E-state index is 12.1. The predicted octanol–water partition coefficient (Wildman–Crippen LogP) is 2.37. The highest BCUT2D eigenvalue weighted by Gasteiger charge is 2.16. The minimum atomic E-state index is -0.268. The number of amides is 2. The Bertz CT molecular complexity index is 819. The average molecular weight is 354 g/mol. The van der Waals surface area contributed by atoms with Crippen LogP contribution in [-0.2, 0) is 4.79 Å². The first-order valence-corrected chi connectivity index (χ1v) is 8.57. The fraction of sp³-hybridized carbons (Fsp3) is 0.300. The van der Waals surface area contributed by atoms with Gasteiger partial charge < -0.3 is 20.1 Å². The molecule has 0 aromatic heterocycles. The molecule has 2 aromatic carbocycles. The van der Waals surface area contributed by atoms with Crippen molar-refractivity contribution < 1.29 is 19.1 Å². The minimum absolute atomic E-state index is 0.0817. The van der Waals surface area contributed by atoms with Crippen LogP contribution in [0.25, 0.3) is 0 Å². The van der Waals surface area contributed by atoms with Crippen molar-refractivity contribution in [2.45, 2.75) is 19.9 Å². The van der Waals surface area contributed by atoms with E-state index in [9.17, 15) is 9.59 Å². The zero-order valence-electron chi connectivity index (χ0n) is 14.9. The van der Waals surface area contributed by atoms with Crippen LogP contribution in [0.3, 0.4) is 0 Å². The molecule has 2 amide bonds. The molecule has 1 atom stereocenters. The zero-order chi connectivity index (χ0) is 18.5. The molecule has 0 saturated carbocycles. The molecule has 0 aliphatic carbocycles. The largest absolute Gasteiger partial charge is 0.486 e. The first kappa shape index (κ1) is 17.8. The lowest BCUT2D eigenvalue weighted by molar-refractivity contribution is -0.120. The van der Waals surface area contributed by atoms with Crippen molar-refractivity contribution in [1.29, 1.82) is 0 Å². The average Bonchev–Trinajstić information content (AvgIpc) is 2.65. The van der Waals surface area contributed by atoms with E-state index in [1.165, 1.54) is 0 Å². The molecule has 1 aliphatic rings. The number of carbonyl (C=O) groups is 2. The van der Waals surface area contributed by atoms with Crippen molar-refractivity contribution in [3.8, 4) is 11.5 Å². The van der Waals surface area contributed by atoms with E-state index in [4.69, 9.17) is 9.47 Å². The van der Waals surface area contributed by atoms with E-state index in [0.717, 1.165) is 11.1 Å². The van der Waals surface area contributed by atoms with Gasteiger partial charge in [0, 0.05) is 5.56 Å². The van der Waals surface area contributed by atoms with Gasteiger partial charge in [-0.1, -0.05) is 23.8 Å². The van der Waals surface area contributed by atoms with Gasteiger partial charge in [-0.3, -0.25) is 9.59 Å². The Morgan fingerprint density at radius 1 is 1.08 bits per heavy atom. The Morgan fingerprint density at radius 2 is 1.85 bits per heavy atom. The van der Waals surface area contributed by atoms with E-state index in [0.29, 0.717) is 30.3 Å². The normalized spacial score (nSPS) is 13.6. The lowest BCUT2D eigenvalue weighted by Crippen LogP contribution is -2.38. The molecule has 0 bridgehead atoms. The highest BCUT2D eigenvalue weighted by molar-refractivity contribution is 5.96.